The van der Waals surface area contributed by atoms with E-state index in [2.05, 4.69) is 24.3 Å². The van der Waals surface area contributed by atoms with Gasteiger partial charge in [-0.3, -0.25) is 0 Å². The third kappa shape index (κ3) is 0.937. The number of allylic oxidation sites excluding steroid dienone is 4. The molecule has 0 aromatic carbocycles. The maximum atomic E-state index is 2.36. The second-order valence-electron chi connectivity index (χ2n) is 3.03. The molecule has 0 aliphatic heterocycles. The van der Waals surface area contributed by atoms with E-state index in [0.717, 1.165) is 11.8 Å². The molecule has 0 spiro atoms. The van der Waals surface area contributed by atoms with Gasteiger partial charge in [-0.25, -0.2) is 0 Å². The summed E-state index contributed by atoms with van der Waals surface area (Å²) in [6.07, 6.45) is 13.6. The summed E-state index contributed by atoms with van der Waals surface area (Å²) in [5.41, 5.74) is 0. The fraction of sp³-hybridized carbons (Fsp3) is 0.556. The summed E-state index contributed by atoms with van der Waals surface area (Å²) in [7, 11) is 0. The van der Waals surface area contributed by atoms with E-state index in [1.165, 1.54) is 19.3 Å². The third-order valence-electron chi connectivity index (χ3n) is 2.29. The van der Waals surface area contributed by atoms with E-state index >= 15 is 0 Å². The molecule has 2 bridgehead atoms. The Morgan fingerprint density at radius 1 is 0.778 bits per heavy atom. The normalized spacial score (nSPS) is 39.1. The molecule has 0 aromatic heterocycles. The molecule has 0 N–H and O–H groups in total. The van der Waals surface area contributed by atoms with Crippen LogP contribution in [-0.4, -0.2) is 0 Å². The first-order valence-corrected chi connectivity index (χ1v) is 3.82. The van der Waals surface area contributed by atoms with Crippen molar-refractivity contribution in [3.05, 3.63) is 24.3 Å². The average molecular weight is 120 g/mol. The maximum absolute atomic E-state index is 2.36. The fourth-order valence-corrected chi connectivity index (χ4v) is 1.67. The van der Waals surface area contributed by atoms with Gasteiger partial charge in [0.05, 0.1) is 0 Å². The second kappa shape index (κ2) is 2.02. The van der Waals surface area contributed by atoms with Crippen LogP contribution in [0.15, 0.2) is 24.3 Å². The van der Waals surface area contributed by atoms with Crippen molar-refractivity contribution in [3.63, 3.8) is 0 Å². The van der Waals surface area contributed by atoms with Crippen LogP contribution < -0.4 is 0 Å². The molecule has 3 rings (SSSR count). The molecule has 9 heavy (non-hydrogen) atoms. The smallest absolute Gasteiger partial charge is 0.00531 e. The van der Waals surface area contributed by atoms with E-state index in [4.69, 9.17) is 0 Å². The first-order valence-electron chi connectivity index (χ1n) is 3.82. The number of hydrogen-bond donors (Lipinski definition) is 0. The fourth-order valence-electron chi connectivity index (χ4n) is 1.67. The minimum absolute atomic E-state index is 0.781. The van der Waals surface area contributed by atoms with E-state index in [0.29, 0.717) is 0 Å². The van der Waals surface area contributed by atoms with Gasteiger partial charge in [-0.05, 0) is 24.7 Å². The summed E-state index contributed by atoms with van der Waals surface area (Å²) in [4.78, 5) is 0. The highest BCUT2D eigenvalue weighted by molar-refractivity contribution is 5.14. The number of rotatable bonds is 0. The van der Waals surface area contributed by atoms with E-state index in [1.807, 2.05) is 0 Å². The third-order valence-corrected chi connectivity index (χ3v) is 2.29. The van der Waals surface area contributed by atoms with Crippen LogP contribution in [0.5, 0.6) is 0 Å². The van der Waals surface area contributed by atoms with E-state index in [1.54, 1.807) is 0 Å². The Kier molecular flexibility index (Phi) is 1.18. The minimum Gasteiger partial charge on any atom is -0.0810 e. The van der Waals surface area contributed by atoms with Crippen molar-refractivity contribution in [2.24, 2.45) is 11.8 Å². The molecule has 3 aliphatic rings. The standard InChI is InChI=1S/C9H12/c1-2-8-4-6-9(3-1)7-5-8/h4-9H,1-3H2. The van der Waals surface area contributed by atoms with Crippen LogP contribution in [0.4, 0.5) is 0 Å². The number of fused-ring (bicyclic) bond motifs is 2. The highest BCUT2D eigenvalue weighted by Crippen LogP contribution is 2.27. The molecule has 0 nitrogen and oxygen atoms in total. The summed E-state index contributed by atoms with van der Waals surface area (Å²) in [6.45, 7) is 0. The Morgan fingerprint density at radius 3 is 1.67 bits per heavy atom. The summed E-state index contributed by atoms with van der Waals surface area (Å²) in [6, 6.07) is 0. The summed E-state index contributed by atoms with van der Waals surface area (Å²) < 4.78 is 0. The zero-order chi connectivity index (χ0) is 6.10. The van der Waals surface area contributed by atoms with Gasteiger partial charge in [0.15, 0.2) is 0 Å². The molecular formula is C9H12. The molecule has 0 saturated heterocycles. The van der Waals surface area contributed by atoms with Gasteiger partial charge in [0.2, 0.25) is 0 Å². The predicted octanol–water partition coefficient (Wildman–Crippen LogP) is 2.53. The lowest BCUT2D eigenvalue weighted by molar-refractivity contribution is 0.632. The molecule has 3 aliphatic carbocycles. The van der Waals surface area contributed by atoms with Gasteiger partial charge in [0.1, 0.15) is 0 Å². The maximum Gasteiger partial charge on any atom is -0.00531 e. The van der Waals surface area contributed by atoms with Crippen LogP contribution in [0, 0.1) is 11.8 Å². The largest absolute Gasteiger partial charge is 0.0810 e. The lowest BCUT2D eigenvalue weighted by atomic mass is 9.99. The summed E-state index contributed by atoms with van der Waals surface area (Å²) in [5, 5.41) is 0. The first kappa shape index (κ1) is 5.28. The first-order chi connectivity index (χ1) is 4.45. The van der Waals surface area contributed by atoms with Crippen LogP contribution in [0.2, 0.25) is 0 Å². The van der Waals surface area contributed by atoms with Crippen molar-refractivity contribution in [2.75, 3.05) is 0 Å². The van der Waals surface area contributed by atoms with Crippen molar-refractivity contribution in [3.8, 4) is 0 Å². The molecule has 0 heteroatoms. The van der Waals surface area contributed by atoms with Crippen molar-refractivity contribution in [1.82, 2.24) is 0 Å². The molecule has 0 saturated carbocycles. The Balaban J connectivity index is 2.23. The van der Waals surface area contributed by atoms with E-state index in [9.17, 15) is 0 Å². The predicted molar refractivity (Wildman–Crippen MR) is 39.1 cm³/mol. The average Bonchev–Trinajstić information content (AvgIpc) is 2.21. The zero-order valence-electron chi connectivity index (χ0n) is 5.59. The van der Waals surface area contributed by atoms with Gasteiger partial charge in [-0.15, -0.1) is 0 Å². The zero-order valence-corrected chi connectivity index (χ0v) is 5.59. The highest BCUT2D eigenvalue weighted by atomic mass is 14.2. The molecule has 0 unspecified atom stereocenters. The Hall–Kier alpha value is -0.520. The minimum atomic E-state index is 0.781. The second-order valence-corrected chi connectivity index (χ2v) is 3.03. The van der Waals surface area contributed by atoms with E-state index < -0.39 is 0 Å². The molecule has 0 atom stereocenters. The lowest BCUT2D eigenvalue weighted by Crippen LogP contribution is -1.93. The Labute approximate surface area is 56.3 Å². The van der Waals surface area contributed by atoms with Crippen molar-refractivity contribution in [2.45, 2.75) is 19.3 Å². The molecular weight excluding hydrogens is 108 g/mol. The molecule has 0 amide bonds. The topological polar surface area (TPSA) is 0 Å². The Bertz CT molecular complexity index is 123. The van der Waals surface area contributed by atoms with Crippen LogP contribution >= 0.6 is 0 Å². The van der Waals surface area contributed by atoms with Crippen LogP contribution in [0.25, 0.3) is 0 Å². The van der Waals surface area contributed by atoms with Crippen LogP contribution in [0.1, 0.15) is 19.3 Å². The van der Waals surface area contributed by atoms with Gasteiger partial charge in [-0.2, -0.15) is 0 Å². The summed E-state index contributed by atoms with van der Waals surface area (Å²) >= 11 is 0. The van der Waals surface area contributed by atoms with Gasteiger partial charge in [-0.1, -0.05) is 30.7 Å². The number of hydrogen-bond acceptors (Lipinski definition) is 0. The monoisotopic (exact) mass is 120 g/mol. The molecule has 0 heterocycles. The molecule has 0 aromatic rings. The van der Waals surface area contributed by atoms with E-state index in [-0.39, 0.29) is 0 Å². The van der Waals surface area contributed by atoms with Crippen molar-refractivity contribution < 1.29 is 0 Å². The van der Waals surface area contributed by atoms with Crippen LogP contribution in [-0.2, 0) is 0 Å². The highest BCUT2D eigenvalue weighted by Gasteiger charge is 2.13. The van der Waals surface area contributed by atoms with Gasteiger partial charge in [0.25, 0.3) is 0 Å². The van der Waals surface area contributed by atoms with Gasteiger partial charge >= 0.3 is 0 Å². The van der Waals surface area contributed by atoms with Gasteiger partial charge in [0, 0.05) is 0 Å². The van der Waals surface area contributed by atoms with Gasteiger partial charge < -0.3 is 0 Å². The van der Waals surface area contributed by atoms with Crippen LogP contribution in [0.3, 0.4) is 0 Å². The molecule has 48 valence electrons. The summed E-state index contributed by atoms with van der Waals surface area (Å²) in [5.74, 6) is 1.56. The molecule has 0 radical (unpaired) electrons. The Morgan fingerprint density at radius 2 is 1.22 bits per heavy atom. The lowest BCUT2D eigenvalue weighted by Gasteiger charge is -2.06. The quantitative estimate of drug-likeness (QED) is 0.431. The van der Waals surface area contributed by atoms with Crippen molar-refractivity contribution >= 4 is 0 Å². The molecule has 0 fully saturated rings. The SMILES string of the molecule is C1=CC2C=CC1CCC2. The van der Waals surface area contributed by atoms with Crippen molar-refractivity contribution in [1.29, 1.82) is 0 Å².